The molecule has 0 atom stereocenters. The zero-order valence-electron chi connectivity index (χ0n) is 16.3. The lowest BCUT2D eigenvalue weighted by molar-refractivity contribution is -0.384. The van der Waals surface area contributed by atoms with Crippen LogP contribution in [0, 0.1) is 16.0 Å². The minimum absolute atomic E-state index is 0.000822. The molecule has 0 unspecified atom stereocenters. The Labute approximate surface area is 172 Å². The second-order valence-electron chi connectivity index (χ2n) is 7.22. The van der Waals surface area contributed by atoms with Gasteiger partial charge in [-0.05, 0) is 29.7 Å². The highest BCUT2D eigenvalue weighted by molar-refractivity contribution is 7.15. The number of carbonyl (C=O) groups excluding carboxylic acids is 2. The van der Waals surface area contributed by atoms with Gasteiger partial charge in [-0.15, -0.1) is 0 Å². The predicted octanol–water partition coefficient (Wildman–Crippen LogP) is 3.63. The summed E-state index contributed by atoms with van der Waals surface area (Å²) in [5.41, 5.74) is 1.61. The normalized spacial score (nSPS) is 13.6. The number of benzene rings is 1. The zero-order chi connectivity index (χ0) is 21.0. The first-order chi connectivity index (χ1) is 13.8. The van der Waals surface area contributed by atoms with Gasteiger partial charge in [0.2, 0.25) is 11.8 Å². The second-order valence-corrected chi connectivity index (χ2v) is 8.31. The first-order valence-corrected chi connectivity index (χ1v) is 10.1. The van der Waals surface area contributed by atoms with Gasteiger partial charge >= 0.3 is 0 Å². The smallest absolute Gasteiger partial charge is 0.269 e. The number of thiazole rings is 1. The third kappa shape index (κ3) is 5.47. The molecule has 9 heteroatoms. The van der Waals surface area contributed by atoms with E-state index in [1.165, 1.54) is 29.5 Å². The molecule has 0 bridgehead atoms. The number of nitrogens with zero attached hydrogens (tertiary/aromatic N) is 3. The summed E-state index contributed by atoms with van der Waals surface area (Å²) >= 11 is 1.38. The van der Waals surface area contributed by atoms with Crippen LogP contribution in [0.4, 0.5) is 10.8 Å². The maximum Gasteiger partial charge on any atom is 0.269 e. The number of non-ortho nitro benzene ring substituents is 1. The van der Waals surface area contributed by atoms with Crippen molar-refractivity contribution < 1.29 is 14.5 Å². The van der Waals surface area contributed by atoms with Gasteiger partial charge in [-0.2, -0.15) is 0 Å². The summed E-state index contributed by atoms with van der Waals surface area (Å²) in [5, 5.41) is 13.9. The third-order valence-corrected chi connectivity index (χ3v) is 5.43. The van der Waals surface area contributed by atoms with Crippen LogP contribution < -0.4 is 5.32 Å². The van der Waals surface area contributed by atoms with Gasteiger partial charge in [0.15, 0.2) is 5.13 Å². The minimum atomic E-state index is -0.470. The maximum atomic E-state index is 12.3. The van der Waals surface area contributed by atoms with Crippen molar-refractivity contribution >= 4 is 40.0 Å². The van der Waals surface area contributed by atoms with E-state index in [0.717, 1.165) is 10.6 Å². The number of nitro groups is 1. The lowest BCUT2D eigenvalue weighted by Crippen LogP contribution is -2.36. The van der Waals surface area contributed by atoms with Crippen LogP contribution in [-0.2, 0) is 22.6 Å². The number of anilines is 1. The van der Waals surface area contributed by atoms with Gasteiger partial charge in [0.25, 0.3) is 5.69 Å². The van der Waals surface area contributed by atoms with Crippen LogP contribution >= 0.6 is 11.3 Å². The average molecular weight is 414 g/mol. The number of fused-ring (bicyclic) bond motifs is 1. The largest absolute Gasteiger partial charge is 0.337 e. The maximum absolute atomic E-state index is 12.3. The molecule has 0 fully saturated rings. The molecule has 1 aromatic heterocycles. The van der Waals surface area contributed by atoms with Crippen molar-refractivity contribution in [2.24, 2.45) is 5.92 Å². The molecule has 1 aliphatic heterocycles. The van der Waals surface area contributed by atoms with Crippen molar-refractivity contribution in [3.63, 3.8) is 0 Å². The Bertz CT molecular complexity index is 950. The molecule has 1 N–H and O–H groups in total. The first kappa shape index (κ1) is 20.7. The zero-order valence-corrected chi connectivity index (χ0v) is 17.1. The van der Waals surface area contributed by atoms with E-state index >= 15 is 0 Å². The number of nitro benzene ring substituents is 1. The highest BCUT2D eigenvalue weighted by Gasteiger charge is 2.24. The van der Waals surface area contributed by atoms with E-state index in [0.29, 0.717) is 42.5 Å². The second kappa shape index (κ2) is 8.95. The number of carbonyl (C=O) groups is 2. The molecular weight excluding hydrogens is 392 g/mol. The fourth-order valence-electron chi connectivity index (χ4n) is 2.97. The number of aromatic nitrogens is 1. The molecule has 2 amide bonds. The van der Waals surface area contributed by atoms with Crippen LogP contribution in [0.5, 0.6) is 0 Å². The van der Waals surface area contributed by atoms with Crippen LogP contribution in [-0.4, -0.2) is 33.2 Å². The van der Waals surface area contributed by atoms with E-state index in [4.69, 9.17) is 0 Å². The molecule has 1 aromatic carbocycles. The van der Waals surface area contributed by atoms with Gasteiger partial charge in [-0.3, -0.25) is 25.0 Å². The topological polar surface area (TPSA) is 105 Å². The van der Waals surface area contributed by atoms with Gasteiger partial charge in [-0.25, -0.2) is 4.98 Å². The summed E-state index contributed by atoms with van der Waals surface area (Å²) in [4.78, 5) is 42.0. The standard InChI is InChI=1S/C20H22N4O4S/c1-13(2)11-19(26)23-10-9-16-17(12-23)29-20(21-16)22-18(25)8-5-14-3-6-15(7-4-14)24(27)28/h3-8,13H,9-12H2,1-2H3,(H,21,22,25)/b8-5+. The molecule has 2 aromatic rings. The summed E-state index contributed by atoms with van der Waals surface area (Å²) in [5.74, 6) is 0.139. The molecule has 29 heavy (non-hydrogen) atoms. The van der Waals surface area contributed by atoms with Crippen molar-refractivity contribution in [3.8, 4) is 0 Å². The first-order valence-electron chi connectivity index (χ1n) is 9.31. The lowest BCUT2D eigenvalue weighted by Gasteiger charge is -2.26. The van der Waals surface area contributed by atoms with Gasteiger partial charge in [-0.1, -0.05) is 25.2 Å². The Morgan fingerprint density at radius 1 is 1.34 bits per heavy atom. The number of rotatable bonds is 6. The van der Waals surface area contributed by atoms with Crippen LogP contribution in [0.25, 0.3) is 6.08 Å². The number of hydrogen-bond acceptors (Lipinski definition) is 6. The molecule has 2 heterocycles. The molecule has 3 rings (SSSR count). The van der Waals surface area contributed by atoms with Crippen molar-refractivity contribution in [1.29, 1.82) is 0 Å². The fraction of sp³-hybridized carbons (Fsp3) is 0.350. The fourth-order valence-corrected chi connectivity index (χ4v) is 3.99. The SMILES string of the molecule is CC(C)CC(=O)N1CCc2nc(NC(=O)/C=C/c3ccc([N+](=O)[O-])cc3)sc2C1. The minimum Gasteiger partial charge on any atom is -0.337 e. The van der Waals surface area contributed by atoms with Crippen LogP contribution in [0.1, 0.15) is 36.4 Å². The number of hydrogen-bond donors (Lipinski definition) is 1. The molecule has 0 saturated heterocycles. The monoisotopic (exact) mass is 414 g/mol. The van der Waals surface area contributed by atoms with Crippen LogP contribution in [0.2, 0.25) is 0 Å². The Balaban J connectivity index is 1.59. The molecule has 0 radical (unpaired) electrons. The van der Waals surface area contributed by atoms with Crippen LogP contribution in [0.3, 0.4) is 0 Å². The highest BCUT2D eigenvalue weighted by Crippen LogP contribution is 2.29. The van der Waals surface area contributed by atoms with E-state index < -0.39 is 4.92 Å². The Morgan fingerprint density at radius 3 is 2.72 bits per heavy atom. The third-order valence-electron chi connectivity index (χ3n) is 4.43. The summed E-state index contributed by atoms with van der Waals surface area (Å²) in [6.07, 6.45) is 4.16. The summed E-state index contributed by atoms with van der Waals surface area (Å²) in [6.45, 7) is 5.23. The highest BCUT2D eigenvalue weighted by atomic mass is 32.1. The van der Waals surface area contributed by atoms with Crippen molar-refractivity contribution in [3.05, 3.63) is 56.6 Å². The van der Waals surface area contributed by atoms with Gasteiger partial charge < -0.3 is 4.90 Å². The van der Waals surface area contributed by atoms with E-state index in [1.807, 2.05) is 18.7 Å². The Morgan fingerprint density at radius 2 is 2.07 bits per heavy atom. The van der Waals surface area contributed by atoms with Gasteiger partial charge in [0, 0.05) is 42.5 Å². The molecule has 0 spiro atoms. The van der Waals surface area contributed by atoms with Gasteiger partial charge in [0.05, 0.1) is 17.2 Å². The van der Waals surface area contributed by atoms with E-state index in [-0.39, 0.29) is 17.5 Å². The van der Waals surface area contributed by atoms with Crippen LogP contribution in [0.15, 0.2) is 30.3 Å². The Kier molecular flexibility index (Phi) is 6.38. The molecule has 0 saturated carbocycles. The summed E-state index contributed by atoms with van der Waals surface area (Å²) in [7, 11) is 0. The molecule has 0 aliphatic carbocycles. The quantitative estimate of drug-likeness (QED) is 0.441. The summed E-state index contributed by atoms with van der Waals surface area (Å²) in [6, 6.07) is 5.93. The van der Waals surface area contributed by atoms with E-state index in [1.54, 1.807) is 18.2 Å². The lowest BCUT2D eigenvalue weighted by atomic mass is 10.1. The molecule has 1 aliphatic rings. The van der Waals surface area contributed by atoms with Crippen molar-refractivity contribution in [1.82, 2.24) is 9.88 Å². The molecular formula is C20H22N4O4S. The van der Waals surface area contributed by atoms with Crippen molar-refractivity contribution in [2.75, 3.05) is 11.9 Å². The van der Waals surface area contributed by atoms with Gasteiger partial charge in [0.1, 0.15) is 0 Å². The Hall–Kier alpha value is -3.07. The number of nitrogens with one attached hydrogen (secondary N) is 1. The summed E-state index contributed by atoms with van der Waals surface area (Å²) < 4.78 is 0. The number of amides is 2. The predicted molar refractivity (Wildman–Crippen MR) is 111 cm³/mol. The molecule has 152 valence electrons. The van der Waals surface area contributed by atoms with Crippen molar-refractivity contribution in [2.45, 2.75) is 33.2 Å². The van der Waals surface area contributed by atoms with E-state index in [2.05, 4.69) is 10.3 Å². The molecule has 8 nitrogen and oxygen atoms in total. The average Bonchev–Trinajstić information content (AvgIpc) is 3.07. The van der Waals surface area contributed by atoms with E-state index in [9.17, 15) is 19.7 Å².